The molecule has 98 valence electrons. The van der Waals surface area contributed by atoms with Gasteiger partial charge in [0.1, 0.15) is 6.33 Å². The van der Waals surface area contributed by atoms with Gasteiger partial charge in [0.05, 0.1) is 18.8 Å². The van der Waals surface area contributed by atoms with Crippen molar-refractivity contribution in [2.75, 3.05) is 7.11 Å². The Bertz CT molecular complexity index is 587. The third-order valence-corrected chi connectivity index (χ3v) is 3.65. The zero-order valence-electron chi connectivity index (χ0n) is 10.8. The minimum atomic E-state index is -0.173. The topological polar surface area (TPSA) is 73.9 Å². The molecule has 2 aromatic rings. The fraction of sp³-hybridized carbons (Fsp3) is 0.357. The van der Waals surface area contributed by atoms with Crippen molar-refractivity contribution in [2.24, 2.45) is 5.73 Å². The van der Waals surface area contributed by atoms with Crippen molar-refractivity contribution in [3.05, 3.63) is 47.7 Å². The van der Waals surface area contributed by atoms with E-state index in [9.17, 15) is 0 Å². The Kier molecular flexibility index (Phi) is 3.13. The molecule has 5 nitrogen and oxygen atoms in total. The number of methoxy groups -OCH3 is 1. The van der Waals surface area contributed by atoms with E-state index in [1.54, 1.807) is 13.2 Å². The second-order valence-electron chi connectivity index (χ2n) is 4.70. The number of hydrogen-bond acceptors (Lipinski definition) is 5. The number of hydrogen-bond donors (Lipinski definition) is 1. The van der Waals surface area contributed by atoms with Crippen LogP contribution in [0, 0.1) is 0 Å². The first-order valence-corrected chi connectivity index (χ1v) is 6.35. The second kappa shape index (κ2) is 4.93. The minimum absolute atomic E-state index is 0.173. The standard InChI is InChI=1S/C14H16N4O/c1-19-12-7-11(17-8-18-12)13(15)10-5-4-9-3-2-6-16-14(9)10/h2-3,6-8,10,13H,4-5,15H2,1H3. The lowest BCUT2D eigenvalue weighted by Crippen LogP contribution is -2.20. The van der Waals surface area contributed by atoms with Gasteiger partial charge in [-0.2, -0.15) is 0 Å². The maximum atomic E-state index is 6.35. The number of aromatic nitrogens is 3. The van der Waals surface area contributed by atoms with E-state index in [4.69, 9.17) is 10.5 Å². The molecule has 1 aliphatic rings. The monoisotopic (exact) mass is 256 g/mol. The molecule has 0 radical (unpaired) electrons. The SMILES string of the molecule is COc1cc(C(N)C2CCc3cccnc32)ncn1. The molecule has 1 aliphatic carbocycles. The van der Waals surface area contributed by atoms with Gasteiger partial charge in [-0.3, -0.25) is 4.98 Å². The summed E-state index contributed by atoms with van der Waals surface area (Å²) in [6.07, 6.45) is 5.36. The quantitative estimate of drug-likeness (QED) is 0.903. The highest BCUT2D eigenvalue weighted by molar-refractivity contribution is 5.32. The predicted molar refractivity (Wildman–Crippen MR) is 70.8 cm³/mol. The molecule has 2 aromatic heterocycles. The summed E-state index contributed by atoms with van der Waals surface area (Å²) in [4.78, 5) is 12.7. The van der Waals surface area contributed by atoms with Gasteiger partial charge in [-0.25, -0.2) is 9.97 Å². The van der Waals surface area contributed by atoms with Crippen LogP contribution in [0.3, 0.4) is 0 Å². The van der Waals surface area contributed by atoms with Crippen molar-refractivity contribution < 1.29 is 4.74 Å². The molecule has 0 bridgehead atoms. The van der Waals surface area contributed by atoms with E-state index in [2.05, 4.69) is 21.0 Å². The van der Waals surface area contributed by atoms with Crippen LogP contribution in [0.15, 0.2) is 30.7 Å². The molecule has 0 spiro atoms. The molecule has 2 heterocycles. The summed E-state index contributed by atoms with van der Waals surface area (Å²) < 4.78 is 5.11. The first-order valence-electron chi connectivity index (χ1n) is 6.35. The number of nitrogens with two attached hydrogens (primary N) is 1. The summed E-state index contributed by atoms with van der Waals surface area (Å²) in [7, 11) is 1.59. The fourth-order valence-electron chi connectivity index (χ4n) is 2.65. The van der Waals surface area contributed by atoms with Crippen molar-refractivity contribution >= 4 is 0 Å². The molecule has 0 aliphatic heterocycles. The molecule has 0 saturated carbocycles. The van der Waals surface area contributed by atoms with Crippen LogP contribution in [0.4, 0.5) is 0 Å². The van der Waals surface area contributed by atoms with Gasteiger partial charge in [-0.15, -0.1) is 0 Å². The summed E-state index contributed by atoms with van der Waals surface area (Å²) in [5.74, 6) is 0.760. The molecule has 2 unspecified atom stereocenters. The Morgan fingerprint density at radius 1 is 1.37 bits per heavy atom. The minimum Gasteiger partial charge on any atom is -0.481 e. The van der Waals surface area contributed by atoms with Crippen molar-refractivity contribution in [3.8, 4) is 5.88 Å². The highest BCUT2D eigenvalue weighted by Crippen LogP contribution is 2.38. The number of nitrogens with zero attached hydrogens (tertiary/aromatic N) is 3. The molecule has 0 saturated heterocycles. The van der Waals surface area contributed by atoms with Crippen molar-refractivity contribution in [1.82, 2.24) is 15.0 Å². The van der Waals surface area contributed by atoms with Gasteiger partial charge in [0.25, 0.3) is 0 Å². The first kappa shape index (κ1) is 12.0. The molecule has 3 rings (SSSR count). The molecule has 2 N–H and O–H groups in total. The average Bonchev–Trinajstić information content (AvgIpc) is 2.90. The van der Waals surface area contributed by atoms with E-state index in [0.29, 0.717) is 5.88 Å². The Balaban J connectivity index is 1.90. The van der Waals surface area contributed by atoms with E-state index in [-0.39, 0.29) is 12.0 Å². The summed E-state index contributed by atoms with van der Waals surface area (Å²) in [6.45, 7) is 0. The largest absolute Gasteiger partial charge is 0.481 e. The van der Waals surface area contributed by atoms with Crippen LogP contribution in [0.2, 0.25) is 0 Å². The zero-order valence-corrected chi connectivity index (χ0v) is 10.8. The van der Waals surface area contributed by atoms with Crippen molar-refractivity contribution in [3.63, 3.8) is 0 Å². The normalized spacial score (nSPS) is 18.9. The second-order valence-corrected chi connectivity index (χ2v) is 4.70. The van der Waals surface area contributed by atoms with Crippen molar-refractivity contribution in [1.29, 1.82) is 0 Å². The number of fused-ring (bicyclic) bond motifs is 1. The fourth-order valence-corrected chi connectivity index (χ4v) is 2.65. The van der Waals surface area contributed by atoms with E-state index in [0.717, 1.165) is 24.2 Å². The van der Waals surface area contributed by atoms with Gasteiger partial charge in [0.2, 0.25) is 5.88 Å². The molecule has 0 aromatic carbocycles. The van der Waals surface area contributed by atoms with Gasteiger partial charge in [0, 0.05) is 23.9 Å². The lowest BCUT2D eigenvalue weighted by Gasteiger charge is -2.19. The van der Waals surface area contributed by atoms with Crippen LogP contribution in [0.25, 0.3) is 0 Å². The molecule has 0 fully saturated rings. The third-order valence-electron chi connectivity index (χ3n) is 3.65. The maximum Gasteiger partial charge on any atom is 0.216 e. The predicted octanol–water partition coefficient (Wildman–Crippen LogP) is 1.61. The van der Waals surface area contributed by atoms with E-state index in [1.807, 2.05) is 12.3 Å². The van der Waals surface area contributed by atoms with Crippen molar-refractivity contribution in [2.45, 2.75) is 24.8 Å². The number of rotatable bonds is 3. The van der Waals surface area contributed by atoms with Gasteiger partial charge < -0.3 is 10.5 Å². The molecule has 2 atom stereocenters. The van der Waals surface area contributed by atoms with Gasteiger partial charge in [-0.1, -0.05) is 6.07 Å². The van der Waals surface area contributed by atoms with E-state index < -0.39 is 0 Å². The van der Waals surface area contributed by atoms with Crippen LogP contribution in [0.5, 0.6) is 5.88 Å². The summed E-state index contributed by atoms with van der Waals surface area (Å²) in [5.41, 5.74) is 9.55. The number of pyridine rings is 1. The van der Waals surface area contributed by atoms with Crippen LogP contribution in [-0.4, -0.2) is 22.1 Å². The lowest BCUT2D eigenvalue weighted by molar-refractivity contribution is 0.394. The molecule has 19 heavy (non-hydrogen) atoms. The highest BCUT2D eigenvalue weighted by atomic mass is 16.5. The van der Waals surface area contributed by atoms with Crippen LogP contribution < -0.4 is 10.5 Å². The summed E-state index contributed by atoms with van der Waals surface area (Å²) in [6, 6.07) is 5.72. The molecule has 5 heteroatoms. The Labute approximate surface area is 111 Å². The van der Waals surface area contributed by atoms with Gasteiger partial charge in [-0.05, 0) is 24.5 Å². The number of ether oxygens (including phenoxy) is 1. The summed E-state index contributed by atoms with van der Waals surface area (Å²) in [5, 5.41) is 0. The van der Waals surface area contributed by atoms with E-state index in [1.165, 1.54) is 11.9 Å². The first-order chi connectivity index (χ1) is 9.29. The third kappa shape index (κ3) is 2.17. The average molecular weight is 256 g/mol. The Morgan fingerprint density at radius 3 is 3.11 bits per heavy atom. The van der Waals surface area contributed by atoms with Gasteiger partial charge >= 0.3 is 0 Å². The molecular formula is C14H16N4O. The Hall–Kier alpha value is -2.01. The van der Waals surface area contributed by atoms with E-state index >= 15 is 0 Å². The molecular weight excluding hydrogens is 240 g/mol. The highest BCUT2D eigenvalue weighted by Gasteiger charge is 2.30. The van der Waals surface area contributed by atoms with Crippen LogP contribution in [-0.2, 0) is 6.42 Å². The molecule has 0 amide bonds. The van der Waals surface area contributed by atoms with Gasteiger partial charge in [0.15, 0.2) is 0 Å². The lowest BCUT2D eigenvalue weighted by atomic mass is 9.95. The number of aryl methyl sites for hydroxylation is 1. The van der Waals surface area contributed by atoms with Crippen LogP contribution >= 0.6 is 0 Å². The van der Waals surface area contributed by atoms with Crippen LogP contribution in [0.1, 0.15) is 35.3 Å². The summed E-state index contributed by atoms with van der Waals surface area (Å²) >= 11 is 0. The smallest absolute Gasteiger partial charge is 0.216 e. The Morgan fingerprint density at radius 2 is 2.26 bits per heavy atom. The zero-order chi connectivity index (χ0) is 13.2. The maximum absolute atomic E-state index is 6.35.